The van der Waals surface area contributed by atoms with Crippen molar-refractivity contribution in [2.24, 2.45) is 11.5 Å². The maximum Gasteiger partial charge on any atom is 0.335 e. The second kappa shape index (κ2) is 26.3. The first-order chi connectivity index (χ1) is 32.9. The van der Waals surface area contributed by atoms with Gasteiger partial charge in [-0.2, -0.15) is 0 Å². The Hall–Kier alpha value is -6.91. The maximum atomic E-state index is 13.6. The summed E-state index contributed by atoms with van der Waals surface area (Å²) < 4.78 is 1.51. The molecule has 3 heterocycles. The van der Waals surface area contributed by atoms with Gasteiger partial charge in [0.15, 0.2) is 11.9 Å². The number of aliphatic hydroxyl groups excluding tert-OH is 2. The third kappa shape index (κ3) is 15.8. The van der Waals surface area contributed by atoms with E-state index < -0.39 is 125 Å². The molecule has 9 atom stereocenters. The van der Waals surface area contributed by atoms with E-state index >= 15 is 0 Å². The van der Waals surface area contributed by atoms with Crippen molar-refractivity contribution in [3.05, 3.63) is 28.4 Å². The van der Waals surface area contributed by atoms with Crippen molar-refractivity contribution in [3.63, 3.8) is 0 Å². The molecule has 4 aliphatic rings. The number of phenols is 1. The van der Waals surface area contributed by atoms with Crippen molar-refractivity contribution >= 4 is 70.6 Å². The number of carbonyl (C=O) groups is 10. The number of anilines is 2. The number of fused-ring (bicyclic) bond motifs is 3. The summed E-state index contributed by atoms with van der Waals surface area (Å²) in [5.74, 6) is -10.1. The molecule has 9 amide bonds. The van der Waals surface area contributed by atoms with Gasteiger partial charge in [0.1, 0.15) is 42.1 Å². The topological polar surface area (TPSA) is 445 Å². The Labute approximate surface area is 415 Å². The number of unbranched alkanes of at least 4 members (excludes halogenated alkanes) is 1. The number of carboxylic acid groups (broad SMARTS) is 1. The predicted molar refractivity (Wildman–Crippen MR) is 242 cm³/mol. The number of nitrogens with one attached hydrogen (secondary N) is 8. The summed E-state index contributed by atoms with van der Waals surface area (Å²) in [7, 11) is 0. The summed E-state index contributed by atoms with van der Waals surface area (Å²) in [4.78, 5) is 139. The number of pyridine rings is 1. The molecule has 71 heavy (non-hydrogen) atoms. The van der Waals surface area contributed by atoms with Gasteiger partial charge in [0.05, 0.1) is 23.5 Å². The number of phenolic OH excluding ortho intramolecular Hbond substituents is 1. The molecule has 3 aliphatic heterocycles. The molecule has 0 unspecified atom stereocenters. The number of piperidine rings is 1. The zero-order valence-electron chi connectivity index (χ0n) is 38.8. The number of benzene rings is 1. The molecule has 0 radical (unpaired) electrons. The Balaban J connectivity index is 0.0000133. The van der Waals surface area contributed by atoms with Gasteiger partial charge in [0, 0.05) is 61.2 Å². The van der Waals surface area contributed by atoms with Crippen molar-refractivity contribution < 1.29 is 90.6 Å². The zero-order chi connectivity index (χ0) is 52.1. The number of aromatic hydroxyl groups is 1. The number of amides is 9. The van der Waals surface area contributed by atoms with Gasteiger partial charge in [-0.15, -0.1) is 0 Å². The maximum absolute atomic E-state index is 13.6. The van der Waals surface area contributed by atoms with E-state index in [1.807, 2.05) is 0 Å². The van der Waals surface area contributed by atoms with Gasteiger partial charge < -0.3 is 79.0 Å². The van der Waals surface area contributed by atoms with E-state index in [1.165, 1.54) is 23.6 Å². The molecule has 1 fully saturated rings. The number of aliphatic hydroxyl groups is 2. The van der Waals surface area contributed by atoms with Crippen LogP contribution in [-0.4, -0.2) is 162 Å². The van der Waals surface area contributed by atoms with Crippen molar-refractivity contribution in [1.29, 1.82) is 0 Å². The van der Waals surface area contributed by atoms with Crippen molar-refractivity contribution in [1.82, 2.24) is 41.5 Å². The van der Waals surface area contributed by atoms with E-state index in [9.17, 15) is 78.4 Å². The summed E-state index contributed by atoms with van der Waals surface area (Å²) in [5, 5.41) is 70.1. The minimum absolute atomic E-state index is 0. The van der Waals surface area contributed by atoms with E-state index in [4.69, 9.17) is 11.5 Å². The van der Waals surface area contributed by atoms with Crippen LogP contribution in [0.25, 0.3) is 11.3 Å². The number of primary amides is 1. The number of hydroxylamine groups is 2. The minimum Gasteiger partial charge on any atom is -0.504 e. The largest absolute Gasteiger partial charge is 0.504 e. The molecule has 0 aromatic heterocycles. The number of carboxylic acids is 1. The molecular weight excluding hydrogens is 984 g/mol. The zero-order valence-corrected chi connectivity index (χ0v) is 39.9. The second-order valence-electron chi connectivity index (χ2n) is 16.9. The second-order valence-corrected chi connectivity index (χ2v) is 16.9. The third-order valence-corrected chi connectivity index (χ3v) is 11.4. The molecule has 392 valence electrons. The fraction of sp³-hybridized carbons (Fsp3) is 0.548. The van der Waals surface area contributed by atoms with Gasteiger partial charge in [-0.1, -0.05) is 0 Å². The average Bonchev–Trinajstić information content (AvgIpc) is 3.30. The molecule has 28 nitrogen and oxygen atoms in total. The first-order valence-corrected chi connectivity index (χ1v) is 22.3. The molecule has 0 spiro atoms. The Morgan fingerprint density at radius 2 is 1.46 bits per heavy atom. The molecular formula is C42H60FeN12O16. The average molecular weight is 1040 g/mol. The molecule has 29 heteroatoms. The molecule has 0 saturated carbocycles. The van der Waals surface area contributed by atoms with Gasteiger partial charge >= 0.3 is 5.97 Å². The van der Waals surface area contributed by atoms with Crippen molar-refractivity contribution in [3.8, 4) is 17.0 Å². The molecule has 1 aliphatic carbocycles. The molecule has 17 N–H and O–H groups in total. The fourth-order valence-electron chi connectivity index (χ4n) is 7.48. The molecule has 1 saturated heterocycles. The minimum atomic E-state index is -2.54. The van der Waals surface area contributed by atoms with Gasteiger partial charge in [-0.3, -0.25) is 53.2 Å². The van der Waals surface area contributed by atoms with Crippen LogP contribution in [-0.2, 0) is 65.0 Å². The normalized spacial score (nSPS) is 18.2. The van der Waals surface area contributed by atoms with Crippen LogP contribution >= 0.6 is 0 Å². The molecule has 4 rings (SSSR count). The number of carbonyl (C=O) groups excluding carboxylic acids is 9. The number of hydrogen-bond acceptors (Lipinski definition) is 17. The quantitative estimate of drug-likeness (QED) is 0.0282. The Morgan fingerprint density at radius 3 is 2.10 bits per heavy atom. The fourth-order valence-corrected chi connectivity index (χ4v) is 7.48. The smallest absolute Gasteiger partial charge is 0.335 e. The predicted octanol–water partition coefficient (Wildman–Crippen LogP) is -4.87. The van der Waals surface area contributed by atoms with Gasteiger partial charge in [-0.25, -0.2) is 9.86 Å². The number of hydrogen-bond donors (Lipinski definition) is 15. The van der Waals surface area contributed by atoms with Gasteiger partial charge in [-0.05, 0) is 71.4 Å². The van der Waals surface area contributed by atoms with Crippen LogP contribution in [0.4, 0.5) is 11.5 Å². The standard InChI is InChI=1S/C42H60N12O16.Fe/c1-18(35(61)50-23-8-6-14-53(70)41(23)67)47-39(65)31(20(3)55)51-36(62)19(2)48-40(66)32(33(60)42(68)69)52-37(63)22(43)7-4-5-12-46-38(64)25-11-13-45-34-24(49-30(59)10-9-29(44)58)15-21-16-27(56)28(57)17-26(21)54(25)34;/h15-20,22-23,25,31-33,45,55-56,60,70H,4-14,43H2,1-3H3,(H2,44,58)(H,46,64)(H,47,65)(H,48,66)(H,49,59)(H,50,61)(H,51,62)(H,52,63)(H,68,69);/t18-,19-,20+,22-,23+,25-,31+,32+,33+;/m0./s1. The van der Waals surface area contributed by atoms with Crippen molar-refractivity contribution in [2.45, 2.75) is 127 Å². The molecule has 0 aromatic carbocycles. The van der Waals surface area contributed by atoms with Crippen molar-refractivity contribution in [2.75, 3.05) is 30.3 Å². The number of nitrogens with zero attached hydrogens (tertiary/aromatic N) is 2. The van der Waals surface area contributed by atoms with E-state index in [0.717, 1.165) is 19.9 Å². The third-order valence-electron chi connectivity index (χ3n) is 11.4. The summed E-state index contributed by atoms with van der Waals surface area (Å²) in [6, 6.07) is -6.28. The van der Waals surface area contributed by atoms with Crippen LogP contribution in [0.3, 0.4) is 0 Å². The number of nitrogens with two attached hydrogens (primary N) is 2. The first kappa shape index (κ1) is 58.4. The van der Waals surface area contributed by atoms with E-state index in [0.29, 0.717) is 17.0 Å². The van der Waals surface area contributed by atoms with Crippen LogP contribution in [0.1, 0.15) is 78.2 Å². The SMILES string of the molecule is C[C@H](NC(=O)[C@H](NC(=O)[C@H](C)NC(=O)[C@H](NC(=O)[C@@H](N)CCCCNC(=O)[C@@H]1CCNc2c(NC(=O)CCC(N)=O)cc3cc(O)c(=O)cc-3n21)[C@@H](O)C(=O)O)[C@@H](C)O)C(=O)N[C@@H]1CCCN(O)C1=O.[Fe]. The Kier molecular flexibility index (Phi) is 21.7. The van der Waals surface area contributed by atoms with E-state index in [2.05, 4.69) is 42.5 Å². The van der Waals surface area contributed by atoms with Gasteiger partial charge in [0.2, 0.25) is 52.7 Å². The van der Waals surface area contributed by atoms with Crippen LogP contribution in [0, 0.1) is 0 Å². The van der Waals surface area contributed by atoms with Gasteiger partial charge in [0.25, 0.3) is 5.91 Å². The Morgan fingerprint density at radius 1 is 0.831 bits per heavy atom. The Bertz CT molecular complexity index is 2370. The summed E-state index contributed by atoms with van der Waals surface area (Å²) in [6.07, 6.45) is -3.30. The monoisotopic (exact) mass is 1040 g/mol. The summed E-state index contributed by atoms with van der Waals surface area (Å²) >= 11 is 0. The summed E-state index contributed by atoms with van der Waals surface area (Å²) in [6.45, 7) is 3.91. The number of rotatable bonds is 23. The van der Waals surface area contributed by atoms with E-state index in [-0.39, 0.29) is 98.8 Å². The molecule has 0 bridgehead atoms. The molecule has 0 aromatic rings. The van der Waals surface area contributed by atoms with Crippen LogP contribution < -0.4 is 59.4 Å². The number of aromatic nitrogens is 1. The van der Waals surface area contributed by atoms with Crippen LogP contribution in [0.5, 0.6) is 5.75 Å². The van der Waals surface area contributed by atoms with Crippen LogP contribution in [0.2, 0.25) is 0 Å². The number of aliphatic carboxylic acids is 1. The summed E-state index contributed by atoms with van der Waals surface area (Å²) in [5.41, 5.74) is 11.3. The first-order valence-electron chi connectivity index (χ1n) is 22.3. The van der Waals surface area contributed by atoms with E-state index in [1.54, 1.807) is 0 Å². The van der Waals surface area contributed by atoms with Crippen LogP contribution in [0.15, 0.2) is 23.0 Å².